The van der Waals surface area contributed by atoms with Crippen molar-refractivity contribution in [2.24, 2.45) is 11.5 Å². The highest BCUT2D eigenvalue weighted by atomic mass is 16.5. The van der Waals surface area contributed by atoms with Gasteiger partial charge in [-0.25, -0.2) is 0 Å². The minimum Gasteiger partial charge on any atom is -0.497 e. The SMILES string of the molecule is COc1ccc(CC2(N)C=C(N)C=CN2)cc1. The van der Waals surface area contributed by atoms with Crippen LogP contribution < -0.4 is 21.5 Å². The van der Waals surface area contributed by atoms with Crippen molar-refractivity contribution < 1.29 is 4.74 Å². The summed E-state index contributed by atoms with van der Waals surface area (Å²) in [7, 11) is 1.65. The van der Waals surface area contributed by atoms with Gasteiger partial charge in [-0.15, -0.1) is 0 Å². The third-order valence-electron chi connectivity index (χ3n) is 2.71. The van der Waals surface area contributed by atoms with Gasteiger partial charge < -0.3 is 21.5 Å². The van der Waals surface area contributed by atoms with Crippen molar-refractivity contribution in [3.63, 3.8) is 0 Å². The summed E-state index contributed by atoms with van der Waals surface area (Å²) in [5.41, 5.74) is 13.1. The highest BCUT2D eigenvalue weighted by Gasteiger charge is 2.23. The van der Waals surface area contributed by atoms with E-state index in [-0.39, 0.29) is 0 Å². The molecule has 1 aliphatic heterocycles. The molecule has 2 rings (SSSR count). The second-order valence-electron chi connectivity index (χ2n) is 4.19. The standard InChI is InChI=1S/C13H17N3O/c1-17-12-4-2-10(3-5-12)8-13(15)9-11(14)6-7-16-13/h2-7,9,16H,8,14-15H2,1H3. The van der Waals surface area contributed by atoms with Crippen LogP contribution in [0.1, 0.15) is 5.56 Å². The summed E-state index contributed by atoms with van der Waals surface area (Å²) >= 11 is 0. The van der Waals surface area contributed by atoms with Gasteiger partial charge in [-0.05, 0) is 29.8 Å². The third kappa shape index (κ3) is 2.79. The van der Waals surface area contributed by atoms with Gasteiger partial charge >= 0.3 is 0 Å². The lowest BCUT2D eigenvalue weighted by Gasteiger charge is -2.29. The number of dihydropyridines is 1. The van der Waals surface area contributed by atoms with Crippen molar-refractivity contribution in [1.29, 1.82) is 0 Å². The molecule has 1 aromatic carbocycles. The van der Waals surface area contributed by atoms with E-state index in [0.717, 1.165) is 11.3 Å². The number of ether oxygens (including phenoxy) is 1. The van der Waals surface area contributed by atoms with Crippen LogP contribution in [-0.4, -0.2) is 12.8 Å². The summed E-state index contributed by atoms with van der Waals surface area (Å²) in [6, 6.07) is 7.84. The molecule has 1 atom stereocenters. The molecule has 1 aliphatic rings. The van der Waals surface area contributed by atoms with Gasteiger partial charge in [0.2, 0.25) is 0 Å². The molecule has 4 nitrogen and oxygen atoms in total. The Labute approximate surface area is 101 Å². The fourth-order valence-corrected chi connectivity index (χ4v) is 1.86. The van der Waals surface area contributed by atoms with Gasteiger partial charge in [-0.3, -0.25) is 0 Å². The molecule has 5 N–H and O–H groups in total. The Morgan fingerprint density at radius 2 is 2.00 bits per heavy atom. The van der Waals surface area contributed by atoms with Crippen LogP contribution in [0.2, 0.25) is 0 Å². The van der Waals surface area contributed by atoms with E-state index >= 15 is 0 Å². The second kappa shape index (κ2) is 4.51. The number of allylic oxidation sites excluding steroid dienone is 1. The van der Waals surface area contributed by atoms with E-state index < -0.39 is 5.66 Å². The van der Waals surface area contributed by atoms with E-state index in [1.807, 2.05) is 30.3 Å². The maximum Gasteiger partial charge on any atom is 0.118 e. The van der Waals surface area contributed by atoms with Gasteiger partial charge in [-0.1, -0.05) is 12.1 Å². The van der Waals surface area contributed by atoms with E-state index in [4.69, 9.17) is 16.2 Å². The van der Waals surface area contributed by atoms with Crippen molar-refractivity contribution in [2.45, 2.75) is 12.1 Å². The molecule has 4 heteroatoms. The smallest absolute Gasteiger partial charge is 0.118 e. The fraction of sp³-hybridized carbons (Fsp3) is 0.231. The first kappa shape index (κ1) is 11.5. The average molecular weight is 231 g/mol. The molecule has 0 saturated heterocycles. The van der Waals surface area contributed by atoms with Gasteiger partial charge in [0, 0.05) is 18.3 Å². The molecule has 17 heavy (non-hydrogen) atoms. The van der Waals surface area contributed by atoms with Crippen LogP contribution in [-0.2, 0) is 6.42 Å². The van der Waals surface area contributed by atoms with E-state index in [2.05, 4.69) is 5.32 Å². The van der Waals surface area contributed by atoms with Crippen LogP contribution in [0, 0.1) is 0 Å². The van der Waals surface area contributed by atoms with Crippen LogP contribution in [0.15, 0.2) is 48.3 Å². The number of nitrogens with one attached hydrogen (secondary N) is 1. The molecular formula is C13H17N3O. The Balaban J connectivity index is 2.12. The van der Waals surface area contributed by atoms with Gasteiger partial charge in [0.15, 0.2) is 0 Å². The molecule has 1 unspecified atom stereocenters. The molecule has 0 fully saturated rings. The first-order chi connectivity index (χ1) is 8.11. The molecular weight excluding hydrogens is 214 g/mol. The normalized spacial score (nSPS) is 22.8. The zero-order valence-corrected chi connectivity index (χ0v) is 9.81. The van der Waals surface area contributed by atoms with Crippen LogP contribution in [0.25, 0.3) is 0 Å². The van der Waals surface area contributed by atoms with Gasteiger partial charge in [-0.2, -0.15) is 0 Å². The Hall–Kier alpha value is -1.94. The highest BCUT2D eigenvalue weighted by Crippen LogP contribution is 2.17. The fourth-order valence-electron chi connectivity index (χ4n) is 1.86. The average Bonchev–Trinajstić information content (AvgIpc) is 2.29. The lowest BCUT2D eigenvalue weighted by molar-refractivity contribution is 0.414. The molecule has 1 heterocycles. The summed E-state index contributed by atoms with van der Waals surface area (Å²) in [5, 5.41) is 3.11. The van der Waals surface area contributed by atoms with Crippen LogP contribution in [0.5, 0.6) is 5.75 Å². The molecule has 0 amide bonds. The van der Waals surface area contributed by atoms with E-state index in [1.54, 1.807) is 19.4 Å². The summed E-state index contributed by atoms with van der Waals surface area (Å²) in [4.78, 5) is 0. The first-order valence-corrected chi connectivity index (χ1v) is 5.46. The molecule has 0 aliphatic carbocycles. The van der Waals surface area contributed by atoms with Crippen molar-refractivity contribution in [1.82, 2.24) is 5.32 Å². The molecule has 1 aromatic rings. The minimum atomic E-state index is -0.618. The summed E-state index contributed by atoms with van der Waals surface area (Å²) < 4.78 is 5.11. The topological polar surface area (TPSA) is 73.3 Å². The van der Waals surface area contributed by atoms with E-state index in [0.29, 0.717) is 12.1 Å². The molecule has 0 radical (unpaired) electrons. The van der Waals surface area contributed by atoms with Crippen LogP contribution in [0.3, 0.4) is 0 Å². The van der Waals surface area contributed by atoms with Gasteiger partial charge in [0.25, 0.3) is 0 Å². The molecule has 0 aromatic heterocycles. The minimum absolute atomic E-state index is 0.618. The van der Waals surface area contributed by atoms with Crippen molar-refractivity contribution in [3.8, 4) is 5.75 Å². The maximum absolute atomic E-state index is 6.20. The van der Waals surface area contributed by atoms with E-state index in [9.17, 15) is 0 Å². The van der Waals surface area contributed by atoms with Crippen molar-refractivity contribution >= 4 is 0 Å². The Bertz CT molecular complexity index is 450. The van der Waals surface area contributed by atoms with Crippen LogP contribution in [0.4, 0.5) is 0 Å². The molecule has 90 valence electrons. The second-order valence-corrected chi connectivity index (χ2v) is 4.19. The number of hydrogen-bond acceptors (Lipinski definition) is 4. The number of methoxy groups -OCH3 is 1. The van der Waals surface area contributed by atoms with E-state index in [1.165, 1.54) is 0 Å². The number of rotatable bonds is 3. The lowest BCUT2D eigenvalue weighted by atomic mass is 9.97. The predicted molar refractivity (Wildman–Crippen MR) is 68.2 cm³/mol. The number of hydrogen-bond donors (Lipinski definition) is 3. The first-order valence-electron chi connectivity index (χ1n) is 5.46. The predicted octanol–water partition coefficient (Wildman–Crippen LogP) is 0.852. The van der Waals surface area contributed by atoms with Crippen molar-refractivity contribution in [2.75, 3.05) is 7.11 Å². The number of benzene rings is 1. The zero-order valence-electron chi connectivity index (χ0n) is 9.81. The van der Waals surface area contributed by atoms with Gasteiger partial charge in [0.1, 0.15) is 11.4 Å². The maximum atomic E-state index is 6.20. The quantitative estimate of drug-likeness (QED) is 0.721. The summed E-state index contributed by atoms with van der Waals surface area (Å²) in [5.74, 6) is 0.839. The Morgan fingerprint density at radius 1 is 1.29 bits per heavy atom. The lowest BCUT2D eigenvalue weighted by Crippen LogP contribution is -2.53. The zero-order chi connectivity index (χ0) is 12.3. The Kier molecular flexibility index (Phi) is 3.06. The summed E-state index contributed by atoms with van der Waals surface area (Å²) in [6.45, 7) is 0. The highest BCUT2D eigenvalue weighted by molar-refractivity contribution is 5.32. The number of nitrogens with two attached hydrogens (primary N) is 2. The molecule has 0 spiro atoms. The third-order valence-corrected chi connectivity index (χ3v) is 2.71. The largest absolute Gasteiger partial charge is 0.497 e. The Morgan fingerprint density at radius 3 is 2.59 bits per heavy atom. The summed E-state index contributed by atoms with van der Waals surface area (Å²) in [6.07, 6.45) is 6.07. The molecule has 0 saturated carbocycles. The monoisotopic (exact) mass is 231 g/mol. The van der Waals surface area contributed by atoms with Crippen LogP contribution >= 0.6 is 0 Å². The van der Waals surface area contributed by atoms with Crippen molar-refractivity contribution in [3.05, 3.63) is 53.9 Å². The van der Waals surface area contributed by atoms with Gasteiger partial charge in [0.05, 0.1) is 7.11 Å². The molecule has 0 bridgehead atoms.